The predicted octanol–water partition coefficient (Wildman–Crippen LogP) is 4.08. The fourth-order valence-electron chi connectivity index (χ4n) is 2.95. The summed E-state index contributed by atoms with van der Waals surface area (Å²) < 4.78 is 0. The Morgan fingerprint density at radius 2 is 1.88 bits per heavy atom. The Kier molecular flexibility index (Phi) is 8.35. The molecular weight excluding hydrogens is 377 g/mol. The fourth-order valence-corrected chi connectivity index (χ4v) is 3.81. The van der Waals surface area contributed by atoms with Crippen molar-refractivity contribution in [1.29, 1.82) is 0 Å². The summed E-state index contributed by atoms with van der Waals surface area (Å²) in [6, 6.07) is 9.92. The average molecular weight is 402 g/mol. The van der Waals surface area contributed by atoms with Gasteiger partial charge in [-0.1, -0.05) is 37.3 Å². The summed E-state index contributed by atoms with van der Waals surface area (Å²) in [5.74, 6) is -0.00536. The average Bonchev–Trinajstić information content (AvgIpc) is 2.96. The molecule has 1 aliphatic rings. The van der Waals surface area contributed by atoms with E-state index in [4.69, 9.17) is 0 Å². The quantitative estimate of drug-likeness (QED) is 0.810. The Morgan fingerprint density at radius 3 is 2.52 bits per heavy atom. The van der Waals surface area contributed by atoms with Crippen molar-refractivity contribution in [2.24, 2.45) is 5.41 Å². The Bertz CT molecular complexity index is 685. The van der Waals surface area contributed by atoms with E-state index >= 15 is 0 Å². The van der Waals surface area contributed by atoms with E-state index < -0.39 is 0 Å². The van der Waals surface area contributed by atoms with Crippen molar-refractivity contribution in [2.45, 2.75) is 26.7 Å². The molecule has 25 heavy (non-hydrogen) atoms. The number of rotatable bonds is 4. The molecule has 1 saturated heterocycles. The van der Waals surface area contributed by atoms with E-state index in [2.05, 4.69) is 22.5 Å². The maximum Gasteiger partial charge on any atom is 0.263 e. The zero-order chi connectivity index (χ0) is 16.3. The van der Waals surface area contributed by atoms with E-state index in [1.807, 2.05) is 37.3 Å². The highest BCUT2D eigenvalue weighted by atomic mass is 35.5. The van der Waals surface area contributed by atoms with Crippen molar-refractivity contribution in [3.8, 4) is 11.3 Å². The van der Waals surface area contributed by atoms with Crippen LogP contribution in [0.4, 0.5) is 0 Å². The van der Waals surface area contributed by atoms with Crippen LogP contribution >= 0.6 is 36.2 Å². The summed E-state index contributed by atoms with van der Waals surface area (Å²) in [5.41, 5.74) is 1.98. The van der Waals surface area contributed by atoms with Crippen LogP contribution in [0, 0.1) is 12.3 Å². The van der Waals surface area contributed by atoms with Gasteiger partial charge in [-0.3, -0.25) is 4.79 Å². The molecule has 1 fully saturated rings. The van der Waals surface area contributed by atoms with E-state index in [9.17, 15) is 4.79 Å². The number of thiazole rings is 1. The number of hydrogen-bond donors (Lipinski definition) is 2. The van der Waals surface area contributed by atoms with Gasteiger partial charge in [-0.25, -0.2) is 4.98 Å². The van der Waals surface area contributed by atoms with Crippen LogP contribution in [-0.4, -0.2) is 30.5 Å². The Hall–Kier alpha value is -1.14. The lowest BCUT2D eigenvalue weighted by molar-refractivity contribution is 0.0927. The lowest BCUT2D eigenvalue weighted by atomic mass is 9.81. The number of aryl methyl sites for hydroxylation is 1. The van der Waals surface area contributed by atoms with Crippen LogP contribution in [0.2, 0.25) is 0 Å². The summed E-state index contributed by atoms with van der Waals surface area (Å²) in [6.07, 6.45) is 2.20. The fraction of sp³-hybridized carbons (Fsp3) is 0.444. The van der Waals surface area contributed by atoms with Gasteiger partial charge in [0.05, 0.1) is 10.7 Å². The van der Waals surface area contributed by atoms with Crippen molar-refractivity contribution in [3.63, 3.8) is 0 Å². The van der Waals surface area contributed by atoms with E-state index in [0.717, 1.165) is 48.7 Å². The minimum atomic E-state index is -0.00536. The van der Waals surface area contributed by atoms with Gasteiger partial charge in [-0.05, 0) is 38.3 Å². The highest BCUT2D eigenvalue weighted by Gasteiger charge is 2.28. The standard InChI is InChI=1S/C18H23N3OS.2ClH/c1-13-21-15(14-6-4-3-5-7-14)16(23-13)17(22)20-12-18(2)8-10-19-11-9-18;;/h3-7,19H,8-12H2,1-2H3,(H,20,22);2*1H. The summed E-state index contributed by atoms with van der Waals surface area (Å²) in [4.78, 5) is 18.0. The number of piperidine rings is 1. The van der Waals surface area contributed by atoms with Crippen molar-refractivity contribution >= 4 is 42.1 Å². The largest absolute Gasteiger partial charge is 0.351 e. The number of carbonyl (C=O) groups excluding carboxylic acids is 1. The number of benzene rings is 1. The van der Waals surface area contributed by atoms with Gasteiger partial charge in [0, 0.05) is 12.1 Å². The Morgan fingerprint density at radius 1 is 1.24 bits per heavy atom. The van der Waals surface area contributed by atoms with Crippen molar-refractivity contribution in [3.05, 3.63) is 40.2 Å². The predicted molar refractivity (Wildman–Crippen MR) is 109 cm³/mol. The van der Waals surface area contributed by atoms with E-state index in [0.29, 0.717) is 4.88 Å². The third-order valence-corrected chi connectivity index (χ3v) is 5.44. The zero-order valence-electron chi connectivity index (χ0n) is 14.5. The van der Waals surface area contributed by atoms with Crippen molar-refractivity contribution < 1.29 is 4.79 Å². The van der Waals surface area contributed by atoms with Gasteiger partial charge in [0.15, 0.2) is 0 Å². The molecule has 1 amide bonds. The molecule has 0 spiro atoms. The number of halogens is 2. The van der Waals surface area contributed by atoms with Crippen LogP contribution in [0.15, 0.2) is 30.3 Å². The van der Waals surface area contributed by atoms with Gasteiger partial charge in [-0.2, -0.15) is 0 Å². The molecule has 0 bridgehead atoms. The summed E-state index contributed by atoms with van der Waals surface area (Å²) in [6.45, 7) is 6.98. The topological polar surface area (TPSA) is 54.0 Å². The summed E-state index contributed by atoms with van der Waals surface area (Å²) >= 11 is 1.47. The molecule has 2 heterocycles. The smallest absolute Gasteiger partial charge is 0.263 e. The van der Waals surface area contributed by atoms with Crippen LogP contribution < -0.4 is 10.6 Å². The first kappa shape index (κ1) is 21.9. The van der Waals surface area contributed by atoms with Gasteiger partial charge in [0.1, 0.15) is 4.88 Å². The maximum absolute atomic E-state index is 12.7. The Balaban J connectivity index is 0.00000156. The first-order chi connectivity index (χ1) is 11.1. The number of aromatic nitrogens is 1. The van der Waals surface area contributed by atoms with Crippen LogP contribution in [0.3, 0.4) is 0 Å². The number of nitrogens with one attached hydrogen (secondary N) is 2. The minimum absolute atomic E-state index is 0. The SMILES string of the molecule is Cc1nc(-c2ccccc2)c(C(=O)NCC2(C)CCNCC2)s1.Cl.Cl. The lowest BCUT2D eigenvalue weighted by Gasteiger charge is -2.34. The monoisotopic (exact) mass is 401 g/mol. The molecule has 3 rings (SSSR count). The molecule has 138 valence electrons. The molecule has 0 radical (unpaired) electrons. The van der Waals surface area contributed by atoms with Gasteiger partial charge >= 0.3 is 0 Å². The summed E-state index contributed by atoms with van der Waals surface area (Å²) in [5, 5.41) is 7.43. The van der Waals surface area contributed by atoms with Gasteiger partial charge in [-0.15, -0.1) is 36.2 Å². The molecule has 0 saturated carbocycles. The van der Waals surface area contributed by atoms with E-state index in [1.54, 1.807) is 0 Å². The second-order valence-corrected chi connectivity index (χ2v) is 7.72. The van der Waals surface area contributed by atoms with Gasteiger partial charge in [0.2, 0.25) is 0 Å². The van der Waals surface area contributed by atoms with Crippen LogP contribution in [0.1, 0.15) is 34.4 Å². The second kappa shape index (κ2) is 9.53. The summed E-state index contributed by atoms with van der Waals surface area (Å²) in [7, 11) is 0. The van der Waals surface area contributed by atoms with Crippen molar-refractivity contribution in [2.75, 3.05) is 19.6 Å². The van der Waals surface area contributed by atoms with Crippen molar-refractivity contribution in [1.82, 2.24) is 15.6 Å². The number of amides is 1. The van der Waals surface area contributed by atoms with E-state index in [1.165, 1.54) is 11.3 Å². The normalized spacial score (nSPS) is 15.6. The van der Waals surface area contributed by atoms with Crippen LogP contribution in [0.25, 0.3) is 11.3 Å². The molecule has 2 N–H and O–H groups in total. The molecule has 0 aliphatic carbocycles. The third kappa shape index (κ3) is 5.42. The van der Waals surface area contributed by atoms with E-state index in [-0.39, 0.29) is 36.1 Å². The number of nitrogens with zero attached hydrogens (tertiary/aromatic N) is 1. The molecule has 1 aliphatic heterocycles. The third-order valence-electron chi connectivity index (χ3n) is 4.47. The first-order valence-corrected chi connectivity index (χ1v) is 8.91. The maximum atomic E-state index is 12.7. The molecule has 0 unspecified atom stereocenters. The highest BCUT2D eigenvalue weighted by molar-refractivity contribution is 7.14. The van der Waals surface area contributed by atoms with Crippen LogP contribution in [-0.2, 0) is 0 Å². The van der Waals surface area contributed by atoms with Crippen LogP contribution in [0.5, 0.6) is 0 Å². The minimum Gasteiger partial charge on any atom is -0.351 e. The molecule has 4 nitrogen and oxygen atoms in total. The Labute approximate surface area is 165 Å². The second-order valence-electron chi connectivity index (χ2n) is 6.52. The highest BCUT2D eigenvalue weighted by Crippen LogP contribution is 2.29. The van der Waals surface area contributed by atoms with Gasteiger partial charge in [0.25, 0.3) is 5.91 Å². The molecule has 0 atom stereocenters. The molecular formula is C18H25Cl2N3OS. The first-order valence-electron chi connectivity index (χ1n) is 8.09. The van der Waals surface area contributed by atoms with Gasteiger partial charge < -0.3 is 10.6 Å². The molecule has 1 aromatic heterocycles. The zero-order valence-corrected chi connectivity index (χ0v) is 17.0. The molecule has 2 aromatic rings. The lowest BCUT2D eigenvalue weighted by Crippen LogP contribution is -2.42. The molecule has 7 heteroatoms. The molecule has 1 aromatic carbocycles. The number of hydrogen-bond acceptors (Lipinski definition) is 4. The number of carbonyl (C=O) groups is 1.